The topological polar surface area (TPSA) is 100 Å². The van der Waals surface area contributed by atoms with Crippen LogP contribution in [0.25, 0.3) is 0 Å². The second-order valence-electron chi connectivity index (χ2n) is 6.47. The summed E-state index contributed by atoms with van der Waals surface area (Å²) in [6, 6.07) is 7.05. The van der Waals surface area contributed by atoms with Gasteiger partial charge in [0.15, 0.2) is 18.1 Å². The number of benzene rings is 1. The number of hydrogen-bond acceptors (Lipinski definition) is 8. The van der Waals surface area contributed by atoms with Crippen molar-refractivity contribution in [3.05, 3.63) is 40.3 Å². The van der Waals surface area contributed by atoms with Gasteiger partial charge in [-0.05, 0) is 37.5 Å². The van der Waals surface area contributed by atoms with Crippen LogP contribution in [0.5, 0.6) is 11.5 Å². The second-order valence-corrected chi connectivity index (χ2v) is 7.57. The molecule has 0 saturated heterocycles. The van der Waals surface area contributed by atoms with Gasteiger partial charge in [0.2, 0.25) is 0 Å². The molecule has 0 spiro atoms. The number of carbonyl (C=O) groups excluding carboxylic acids is 3. The van der Waals surface area contributed by atoms with Crippen molar-refractivity contribution >= 4 is 34.2 Å². The quantitative estimate of drug-likeness (QED) is 0.638. The van der Waals surface area contributed by atoms with Gasteiger partial charge >= 0.3 is 11.9 Å². The van der Waals surface area contributed by atoms with E-state index in [1.807, 2.05) is 13.0 Å². The second kappa shape index (κ2) is 9.62. The summed E-state index contributed by atoms with van der Waals surface area (Å²) in [5.74, 6) is -1.02. The number of amides is 1. The molecule has 0 fully saturated rings. The Balaban J connectivity index is 1.78. The van der Waals surface area contributed by atoms with Crippen molar-refractivity contribution in [2.75, 3.05) is 32.8 Å². The smallest absolute Gasteiger partial charge is 0.341 e. The Morgan fingerprint density at radius 2 is 1.80 bits per heavy atom. The molecule has 1 aliphatic carbocycles. The third kappa shape index (κ3) is 4.40. The van der Waals surface area contributed by atoms with Gasteiger partial charge in [0, 0.05) is 4.88 Å². The van der Waals surface area contributed by atoms with Gasteiger partial charge in [0.1, 0.15) is 5.00 Å². The minimum absolute atomic E-state index is 0.202. The molecular formula is C21H23NO7S. The van der Waals surface area contributed by atoms with Gasteiger partial charge in [-0.2, -0.15) is 0 Å². The average molecular weight is 433 g/mol. The number of anilines is 1. The number of rotatable bonds is 8. The lowest BCUT2D eigenvalue weighted by atomic mass is 9.99. The Morgan fingerprint density at radius 1 is 1.10 bits per heavy atom. The highest BCUT2D eigenvalue weighted by atomic mass is 32.1. The van der Waals surface area contributed by atoms with E-state index in [-0.39, 0.29) is 12.2 Å². The number of methoxy groups -OCH3 is 2. The van der Waals surface area contributed by atoms with Gasteiger partial charge in [0.25, 0.3) is 5.91 Å². The molecule has 2 aromatic rings. The zero-order chi connectivity index (χ0) is 21.7. The van der Waals surface area contributed by atoms with E-state index in [0.717, 1.165) is 4.88 Å². The molecule has 9 heteroatoms. The summed E-state index contributed by atoms with van der Waals surface area (Å²) in [4.78, 5) is 37.9. The third-order valence-corrected chi connectivity index (χ3v) is 5.85. The summed E-state index contributed by atoms with van der Waals surface area (Å²) in [6.07, 6.45) is 1.18. The molecule has 30 heavy (non-hydrogen) atoms. The molecule has 0 radical (unpaired) electrons. The molecule has 1 aliphatic rings. The van der Waals surface area contributed by atoms with Crippen LogP contribution in [0, 0.1) is 0 Å². The molecule has 8 nitrogen and oxygen atoms in total. The fraction of sp³-hybridized carbons (Fsp3) is 0.381. The van der Waals surface area contributed by atoms with Crippen LogP contribution in [-0.2, 0) is 25.5 Å². The Hall–Kier alpha value is -3.07. The number of thiophene rings is 1. The van der Waals surface area contributed by atoms with Gasteiger partial charge in [-0.15, -0.1) is 11.3 Å². The van der Waals surface area contributed by atoms with E-state index in [1.54, 1.807) is 18.2 Å². The van der Waals surface area contributed by atoms with Gasteiger partial charge < -0.3 is 24.3 Å². The summed E-state index contributed by atoms with van der Waals surface area (Å²) >= 11 is 1.26. The minimum atomic E-state index is -0.610. The van der Waals surface area contributed by atoms with Crippen LogP contribution in [0.2, 0.25) is 0 Å². The van der Waals surface area contributed by atoms with Crippen LogP contribution in [0.4, 0.5) is 5.00 Å². The molecule has 0 saturated carbocycles. The SMILES string of the molecule is CCOc1ccccc1OCC(=O)Nc1sc2c(c1C(=O)OC)C(C(=O)OC)CC2. The van der Waals surface area contributed by atoms with Crippen LogP contribution in [-0.4, -0.2) is 45.3 Å². The highest BCUT2D eigenvalue weighted by molar-refractivity contribution is 7.17. The molecule has 1 atom stereocenters. The molecule has 3 rings (SSSR count). The summed E-state index contributed by atoms with van der Waals surface area (Å²) in [6.45, 7) is 2.06. The molecule has 1 aromatic heterocycles. The molecule has 0 aliphatic heterocycles. The predicted octanol–water partition coefficient (Wildman–Crippen LogP) is 3.15. The van der Waals surface area contributed by atoms with E-state index in [4.69, 9.17) is 18.9 Å². The lowest BCUT2D eigenvalue weighted by Gasteiger charge is -2.13. The Morgan fingerprint density at radius 3 is 2.43 bits per heavy atom. The van der Waals surface area contributed by atoms with E-state index >= 15 is 0 Å². The maximum Gasteiger partial charge on any atom is 0.341 e. The van der Waals surface area contributed by atoms with Crippen molar-refractivity contribution in [1.82, 2.24) is 0 Å². The first-order chi connectivity index (χ1) is 14.5. The summed E-state index contributed by atoms with van der Waals surface area (Å²) in [5, 5.41) is 3.06. The number of ether oxygens (including phenoxy) is 4. The van der Waals surface area contributed by atoms with Gasteiger partial charge in [0.05, 0.1) is 32.3 Å². The fourth-order valence-electron chi connectivity index (χ4n) is 3.39. The van der Waals surface area contributed by atoms with Crippen LogP contribution in [0.1, 0.15) is 40.1 Å². The fourth-order valence-corrected chi connectivity index (χ4v) is 4.67. The normalized spacial score (nSPS) is 14.6. The predicted molar refractivity (Wildman–Crippen MR) is 110 cm³/mol. The van der Waals surface area contributed by atoms with E-state index in [1.165, 1.54) is 25.6 Å². The first-order valence-electron chi connectivity index (χ1n) is 9.46. The van der Waals surface area contributed by atoms with Crippen LogP contribution in [0.15, 0.2) is 24.3 Å². The van der Waals surface area contributed by atoms with E-state index < -0.39 is 23.8 Å². The van der Waals surface area contributed by atoms with Crippen molar-refractivity contribution in [1.29, 1.82) is 0 Å². The lowest BCUT2D eigenvalue weighted by molar-refractivity contribution is -0.142. The maximum absolute atomic E-state index is 12.5. The van der Waals surface area contributed by atoms with Crippen LogP contribution >= 0.6 is 11.3 Å². The molecule has 1 aromatic carbocycles. The number of para-hydroxylation sites is 2. The average Bonchev–Trinajstić information content (AvgIpc) is 3.31. The lowest BCUT2D eigenvalue weighted by Crippen LogP contribution is -2.22. The molecule has 1 amide bonds. The molecule has 1 heterocycles. The van der Waals surface area contributed by atoms with Crippen molar-refractivity contribution < 1.29 is 33.3 Å². The molecule has 0 bridgehead atoms. The van der Waals surface area contributed by atoms with Gasteiger partial charge in [-0.25, -0.2) is 4.79 Å². The molecular weight excluding hydrogens is 410 g/mol. The van der Waals surface area contributed by atoms with Crippen LogP contribution < -0.4 is 14.8 Å². The zero-order valence-electron chi connectivity index (χ0n) is 17.0. The number of carbonyl (C=O) groups is 3. The number of nitrogens with one attached hydrogen (secondary N) is 1. The highest BCUT2D eigenvalue weighted by Crippen LogP contribution is 2.45. The first kappa shape index (κ1) is 21.6. The molecule has 1 N–H and O–H groups in total. The van der Waals surface area contributed by atoms with Gasteiger partial charge in [-0.3, -0.25) is 9.59 Å². The summed E-state index contributed by atoms with van der Waals surface area (Å²) in [7, 11) is 2.57. The number of aryl methyl sites for hydroxylation is 1. The van der Waals surface area contributed by atoms with Crippen molar-refractivity contribution in [2.45, 2.75) is 25.7 Å². The number of esters is 2. The number of hydrogen-bond donors (Lipinski definition) is 1. The highest BCUT2D eigenvalue weighted by Gasteiger charge is 2.38. The standard InChI is InChI=1S/C21H23NO7S/c1-4-28-13-7-5-6-8-14(13)29-11-16(23)22-19-18(21(25)27-3)17-12(20(24)26-2)9-10-15(17)30-19/h5-8,12H,4,9-11H2,1-3H3,(H,22,23). The Bertz CT molecular complexity index is 953. The monoisotopic (exact) mass is 433 g/mol. The summed E-state index contributed by atoms with van der Waals surface area (Å²) < 4.78 is 20.8. The maximum atomic E-state index is 12.5. The van der Waals surface area contributed by atoms with E-state index in [0.29, 0.717) is 41.5 Å². The Labute approximate surface area is 178 Å². The van der Waals surface area contributed by atoms with Crippen molar-refractivity contribution in [2.24, 2.45) is 0 Å². The molecule has 1 unspecified atom stereocenters. The minimum Gasteiger partial charge on any atom is -0.490 e. The number of fused-ring (bicyclic) bond motifs is 1. The van der Waals surface area contributed by atoms with Crippen LogP contribution in [0.3, 0.4) is 0 Å². The Kier molecular flexibility index (Phi) is 6.94. The van der Waals surface area contributed by atoms with E-state index in [9.17, 15) is 14.4 Å². The van der Waals surface area contributed by atoms with Crippen molar-refractivity contribution in [3.63, 3.8) is 0 Å². The zero-order valence-corrected chi connectivity index (χ0v) is 17.8. The molecule has 160 valence electrons. The van der Waals surface area contributed by atoms with E-state index in [2.05, 4.69) is 5.32 Å². The summed E-state index contributed by atoms with van der Waals surface area (Å²) in [5.41, 5.74) is 0.782. The third-order valence-electron chi connectivity index (χ3n) is 4.67. The first-order valence-corrected chi connectivity index (χ1v) is 10.3. The largest absolute Gasteiger partial charge is 0.490 e. The van der Waals surface area contributed by atoms with Gasteiger partial charge in [-0.1, -0.05) is 12.1 Å². The van der Waals surface area contributed by atoms with Crippen molar-refractivity contribution in [3.8, 4) is 11.5 Å².